The zero-order chi connectivity index (χ0) is 18.2. The van der Waals surface area contributed by atoms with Crippen LogP contribution in [0.2, 0.25) is 5.02 Å². The summed E-state index contributed by atoms with van der Waals surface area (Å²) in [5.41, 5.74) is 1.11. The molecule has 0 aliphatic carbocycles. The SMILES string of the molecule is CC(=O)ON(CCCc1ccc(Oc2ccc(Cl)cc2)cc1)C(C)=O. The molecule has 0 saturated carbocycles. The van der Waals surface area contributed by atoms with Gasteiger partial charge in [0.05, 0.1) is 6.54 Å². The molecule has 0 bridgehead atoms. The zero-order valence-corrected chi connectivity index (χ0v) is 15.0. The number of ether oxygens (including phenoxy) is 1. The van der Waals surface area contributed by atoms with Gasteiger partial charge in [0.15, 0.2) is 0 Å². The van der Waals surface area contributed by atoms with Crippen molar-refractivity contribution in [2.45, 2.75) is 26.7 Å². The van der Waals surface area contributed by atoms with Crippen molar-refractivity contribution in [1.82, 2.24) is 5.06 Å². The van der Waals surface area contributed by atoms with Gasteiger partial charge < -0.3 is 9.57 Å². The average molecular weight is 362 g/mol. The molecule has 0 aliphatic heterocycles. The van der Waals surface area contributed by atoms with Crippen LogP contribution in [0, 0.1) is 0 Å². The molecule has 25 heavy (non-hydrogen) atoms. The Hall–Kier alpha value is -2.53. The summed E-state index contributed by atoms with van der Waals surface area (Å²) in [5.74, 6) is 0.660. The number of nitrogens with zero attached hydrogens (tertiary/aromatic N) is 1. The first-order chi connectivity index (χ1) is 11.9. The van der Waals surface area contributed by atoms with E-state index < -0.39 is 5.97 Å². The summed E-state index contributed by atoms with van der Waals surface area (Å²) in [6, 6.07) is 14.9. The fraction of sp³-hybridized carbons (Fsp3) is 0.263. The van der Waals surface area contributed by atoms with Crippen LogP contribution in [0.5, 0.6) is 11.5 Å². The lowest BCUT2D eigenvalue weighted by Gasteiger charge is -2.18. The molecule has 0 saturated heterocycles. The first kappa shape index (κ1) is 18.8. The van der Waals surface area contributed by atoms with Crippen LogP contribution in [-0.2, 0) is 20.8 Å². The van der Waals surface area contributed by atoms with Gasteiger partial charge in [0.25, 0.3) is 5.91 Å². The molecule has 6 heteroatoms. The van der Waals surface area contributed by atoms with Crippen LogP contribution in [0.25, 0.3) is 0 Å². The molecule has 0 heterocycles. The van der Waals surface area contributed by atoms with E-state index in [0.29, 0.717) is 18.0 Å². The molecule has 132 valence electrons. The number of aryl methyl sites for hydroxylation is 1. The van der Waals surface area contributed by atoms with E-state index in [2.05, 4.69) is 0 Å². The van der Waals surface area contributed by atoms with Gasteiger partial charge in [-0.15, -0.1) is 0 Å². The van der Waals surface area contributed by atoms with Crippen molar-refractivity contribution in [1.29, 1.82) is 0 Å². The topological polar surface area (TPSA) is 55.8 Å². The molecule has 0 radical (unpaired) electrons. The predicted octanol–water partition coefficient (Wildman–Crippen LogP) is 4.39. The standard InChI is InChI=1S/C19H20ClNO4/c1-14(22)21(25-15(2)23)13-3-4-16-5-9-18(10-6-16)24-19-11-7-17(20)8-12-19/h5-12H,3-4,13H2,1-2H3. The Morgan fingerprint density at radius 3 is 2.04 bits per heavy atom. The average Bonchev–Trinajstić information content (AvgIpc) is 2.57. The molecule has 0 atom stereocenters. The van der Waals surface area contributed by atoms with E-state index >= 15 is 0 Å². The Balaban J connectivity index is 1.84. The molecule has 5 nitrogen and oxygen atoms in total. The van der Waals surface area contributed by atoms with Gasteiger partial charge in [0, 0.05) is 18.9 Å². The lowest BCUT2D eigenvalue weighted by Crippen LogP contribution is -2.32. The van der Waals surface area contributed by atoms with Gasteiger partial charge >= 0.3 is 5.97 Å². The maximum absolute atomic E-state index is 11.4. The number of hydrogen-bond acceptors (Lipinski definition) is 4. The van der Waals surface area contributed by atoms with E-state index in [0.717, 1.165) is 28.5 Å². The number of carbonyl (C=O) groups is 2. The minimum atomic E-state index is -0.501. The molecular formula is C19H20ClNO4. The number of amides is 1. The van der Waals surface area contributed by atoms with E-state index in [1.54, 1.807) is 12.1 Å². The quantitative estimate of drug-likeness (QED) is 0.716. The second-order valence-corrected chi connectivity index (χ2v) is 5.94. The summed E-state index contributed by atoms with van der Waals surface area (Å²) < 4.78 is 5.74. The van der Waals surface area contributed by atoms with Crippen LogP contribution < -0.4 is 4.74 Å². The minimum absolute atomic E-state index is 0.290. The van der Waals surface area contributed by atoms with Crippen molar-refractivity contribution in [2.24, 2.45) is 0 Å². The monoisotopic (exact) mass is 361 g/mol. The second kappa shape index (κ2) is 9.08. The molecule has 0 aliphatic rings. The van der Waals surface area contributed by atoms with E-state index in [1.165, 1.54) is 13.8 Å². The number of hydrogen-bond donors (Lipinski definition) is 0. The Labute approximate surface area is 152 Å². The van der Waals surface area contributed by atoms with Crippen LogP contribution >= 0.6 is 11.6 Å². The fourth-order valence-electron chi connectivity index (χ4n) is 2.21. The van der Waals surface area contributed by atoms with Crippen molar-refractivity contribution in [3.63, 3.8) is 0 Å². The number of hydroxylamine groups is 2. The third-order valence-electron chi connectivity index (χ3n) is 3.39. The first-order valence-corrected chi connectivity index (χ1v) is 8.31. The molecule has 0 spiro atoms. The van der Waals surface area contributed by atoms with Crippen molar-refractivity contribution in [3.05, 3.63) is 59.1 Å². The summed E-state index contributed by atoms with van der Waals surface area (Å²) in [6.45, 7) is 3.00. The van der Waals surface area contributed by atoms with Crippen LogP contribution in [0.1, 0.15) is 25.8 Å². The fourth-order valence-corrected chi connectivity index (χ4v) is 2.34. The number of halogens is 1. The smallest absolute Gasteiger partial charge is 0.329 e. The van der Waals surface area contributed by atoms with Crippen LogP contribution in [-0.4, -0.2) is 23.5 Å². The van der Waals surface area contributed by atoms with Gasteiger partial charge in [-0.25, -0.2) is 0 Å². The molecule has 0 fully saturated rings. The summed E-state index contributed by atoms with van der Waals surface area (Å²) in [7, 11) is 0. The highest BCUT2D eigenvalue weighted by atomic mass is 35.5. The van der Waals surface area contributed by atoms with E-state index in [4.69, 9.17) is 21.2 Å². The maximum atomic E-state index is 11.4. The van der Waals surface area contributed by atoms with Crippen LogP contribution in [0.15, 0.2) is 48.5 Å². The van der Waals surface area contributed by atoms with Gasteiger partial charge in [-0.3, -0.25) is 9.59 Å². The zero-order valence-electron chi connectivity index (χ0n) is 14.2. The number of benzene rings is 2. The van der Waals surface area contributed by atoms with Crippen molar-refractivity contribution >= 4 is 23.5 Å². The Bertz CT molecular complexity index is 713. The normalized spacial score (nSPS) is 10.2. The van der Waals surface area contributed by atoms with Crippen LogP contribution in [0.3, 0.4) is 0 Å². The molecule has 0 unspecified atom stereocenters. The summed E-state index contributed by atoms with van der Waals surface area (Å²) >= 11 is 5.85. The first-order valence-electron chi connectivity index (χ1n) is 7.93. The van der Waals surface area contributed by atoms with Gasteiger partial charge in [0.2, 0.25) is 0 Å². The maximum Gasteiger partial charge on any atom is 0.329 e. The number of carbonyl (C=O) groups excluding carboxylic acids is 2. The summed E-state index contributed by atoms with van der Waals surface area (Å²) in [6.07, 6.45) is 1.44. The molecular weight excluding hydrogens is 342 g/mol. The molecule has 1 amide bonds. The van der Waals surface area contributed by atoms with Crippen molar-refractivity contribution in [3.8, 4) is 11.5 Å². The number of rotatable bonds is 6. The van der Waals surface area contributed by atoms with Crippen molar-refractivity contribution in [2.75, 3.05) is 6.54 Å². The van der Waals surface area contributed by atoms with E-state index in [1.807, 2.05) is 36.4 Å². The summed E-state index contributed by atoms with van der Waals surface area (Å²) in [4.78, 5) is 27.2. The third kappa shape index (κ3) is 6.47. The van der Waals surface area contributed by atoms with E-state index in [9.17, 15) is 9.59 Å². The van der Waals surface area contributed by atoms with Gasteiger partial charge in [0.1, 0.15) is 11.5 Å². The molecule has 2 aromatic carbocycles. The van der Waals surface area contributed by atoms with Gasteiger partial charge in [-0.05, 0) is 54.8 Å². The van der Waals surface area contributed by atoms with Crippen molar-refractivity contribution < 1.29 is 19.2 Å². The largest absolute Gasteiger partial charge is 0.457 e. The summed E-state index contributed by atoms with van der Waals surface area (Å²) in [5, 5.41) is 1.75. The van der Waals surface area contributed by atoms with Gasteiger partial charge in [-0.2, -0.15) is 5.06 Å². The highest BCUT2D eigenvalue weighted by molar-refractivity contribution is 6.30. The van der Waals surface area contributed by atoms with Crippen LogP contribution in [0.4, 0.5) is 0 Å². The Kier molecular flexibility index (Phi) is 6.83. The molecule has 2 rings (SSSR count). The Morgan fingerprint density at radius 1 is 0.960 bits per heavy atom. The third-order valence-corrected chi connectivity index (χ3v) is 3.64. The predicted molar refractivity (Wildman–Crippen MR) is 95.4 cm³/mol. The highest BCUT2D eigenvalue weighted by Gasteiger charge is 2.11. The molecule has 0 N–H and O–H groups in total. The minimum Gasteiger partial charge on any atom is -0.457 e. The van der Waals surface area contributed by atoms with E-state index in [-0.39, 0.29) is 5.91 Å². The molecule has 0 aromatic heterocycles. The highest BCUT2D eigenvalue weighted by Crippen LogP contribution is 2.23. The second-order valence-electron chi connectivity index (χ2n) is 5.51. The lowest BCUT2D eigenvalue weighted by atomic mass is 10.1. The van der Waals surface area contributed by atoms with Gasteiger partial charge in [-0.1, -0.05) is 23.7 Å². The Morgan fingerprint density at radius 2 is 1.52 bits per heavy atom. The molecule has 2 aromatic rings. The lowest BCUT2D eigenvalue weighted by molar-refractivity contribution is -0.195.